The largest absolute Gasteiger partial charge is 0.491 e. The summed E-state index contributed by atoms with van der Waals surface area (Å²) in [5.41, 5.74) is 6.17. The maximum absolute atomic E-state index is 11.9. The summed E-state index contributed by atoms with van der Waals surface area (Å²) in [5, 5.41) is 2.88. The van der Waals surface area contributed by atoms with Crippen LogP contribution in [-0.2, 0) is 4.79 Å². The number of nitrogens with two attached hydrogens (primary N) is 1. The van der Waals surface area contributed by atoms with Gasteiger partial charge in [-0.25, -0.2) is 0 Å². The molecule has 1 aromatic carbocycles. The van der Waals surface area contributed by atoms with Crippen LogP contribution < -0.4 is 15.8 Å². The lowest BCUT2D eigenvalue weighted by atomic mass is 10.1. The number of anilines is 1. The first-order valence-electron chi connectivity index (χ1n) is 6.41. The van der Waals surface area contributed by atoms with Gasteiger partial charge in [0.05, 0.1) is 12.3 Å². The topological polar surface area (TPSA) is 64.3 Å². The van der Waals surface area contributed by atoms with Gasteiger partial charge in [-0.15, -0.1) is 0 Å². The van der Waals surface area contributed by atoms with Crippen molar-refractivity contribution < 1.29 is 9.53 Å². The van der Waals surface area contributed by atoms with E-state index in [4.69, 9.17) is 10.5 Å². The van der Waals surface area contributed by atoms with Crippen LogP contribution in [0.2, 0.25) is 0 Å². The van der Waals surface area contributed by atoms with E-state index < -0.39 is 0 Å². The van der Waals surface area contributed by atoms with Gasteiger partial charge in [0, 0.05) is 5.92 Å². The molecule has 0 heterocycles. The van der Waals surface area contributed by atoms with E-state index in [1.54, 1.807) is 0 Å². The number of para-hydroxylation sites is 2. The average Bonchev–Trinajstić information content (AvgIpc) is 2.38. The van der Waals surface area contributed by atoms with Crippen LogP contribution >= 0.6 is 0 Å². The van der Waals surface area contributed by atoms with Crippen LogP contribution in [0, 0.1) is 5.92 Å². The van der Waals surface area contributed by atoms with E-state index in [1.807, 2.05) is 38.1 Å². The highest BCUT2D eigenvalue weighted by Crippen LogP contribution is 2.24. The van der Waals surface area contributed by atoms with Crippen molar-refractivity contribution in [3.63, 3.8) is 0 Å². The van der Waals surface area contributed by atoms with Gasteiger partial charge in [-0.1, -0.05) is 26.0 Å². The molecule has 0 aliphatic carbocycles. The molecule has 100 valence electrons. The minimum atomic E-state index is -0.0887. The number of hydrogen-bond donors (Lipinski definition) is 2. The summed E-state index contributed by atoms with van der Waals surface area (Å²) in [6, 6.07) is 7.48. The van der Waals surface area contributed by atoms with Crippen molar-refractivity contribution in [1.82, 2.24) is 0 Å². The van der Waals surface area contributed by atoms with Crippen molar-refractivity contribution in [2.75, 3.05) is 18.5 Å². The molecule has 0 saturated carbocycles. The van der Waals surface area contributed by atoms with Crippen molar-refractivity contribution in [1.29, 1.82) is 0 Å². The predicted octanol–water partition coefficient (Wildman–Crippen LogP) is 2.40. The number of nitrogens with one attached hydrogen (secondary N) is 1. The second kappa shape index (κ2) is 7.71. The molecule has 1 atom stereocenters. The Hall–Kier alpha value is -1.55. The van der Waals surface area contributed by atoms with Crippen molar-refractivity contribution in [2.45, 2.75) is 26.7 Å². The standard InChI is InChI=1S/C14H22N2O2/c1-3-10-18-13-7-5-4-6-12(13)16-14(17)11(2)8-9-15/h4-7,11H,3,8-10,15H2,1-2H3,(H,16,17). The zero-order valence-corrected chi connectivity index (χ0v) is 11.1. The van der Waals surface area contributed by atoms with E-state index in [2.05, 4.69) is 5.32 Å². The Bertz CT molecular complexity index is 380. The van der Waals surface area contributed by atoms with Crippen LogP contribution in [0.25, 0.3) is 0 Å². The lowest BCUT2D eigenvalue weighted by Gasteiger charge is -2.14. The molecule has 4 heteroatoms. The molecule has 1 rings (SSSR count). The quantitative estimate of drug-likeness (QED) is 0.781. The molecule has 0 saturated heterocycles. The van der Waals surface area contributed by atoms with Crippen molar-refractivity contribution in [2.24, 2.45) is 11.7 Å². The van der Waals surface area contributed by atoms with E-state index >= 15 is 0 Å². The summed E-state index contributed by atoms with van der Waals surface area (Å²) >= 11 is 0. The van der Waals surface area contributed by atoms with Crippen molar-refractivity contribution >= 4 is 11.6 Å². The molecule has 3 N–H and O–H groups in total. The first kappa shape index (κ1) is 14.5. The Balaban J connectivity index is 2.68. The Labute approximate surface area is 109 Å². The van der Waals surface area contributed by atoms with Crippen LogP contribution in [-0.4, -0.2) is 19.1 Å². The van der Waals surface area contributed by atoms with Gasteiger partial charge in [0.1, 0.15) is 5.75 Å². The van der Waals surface area contributed by atoms with E-state index in [0.29, 0.717) is 25.3 Å². The average molecular weight is 250 g/mol. The zero-order valence-electron chi connectivity index (χ0n) is 11.1. The Kier molecular flexibility index (Phi) is 6.22. The van der Waals surface area contributed by atoms with Crippen LogP contribution in [0.4, 0.5) is 5.69 Å². The van der Waals surface area contributed by atoms with Crippen LogP contribution in [0.1, 0.15) is 26.7 Å². The van der Waals surface area contributed by atoms with Crippen LogP contribution in [0.3, 0.4) is 0 Å². The maximum atomic E-state index is 11.9. The molecular weight excluding hydrogens is 228 g/mol. The molecule has 0 spiro atoms. The van der Waals surface area contributed by atoms with Gasteiger partial charge in [0.2, 0.25) is 5.91 Å². The molecule has 1 aromatic rings. The van der Waals surface area contributed by atoms with E-state index in [1.165, 1.54) is 0 Å². The van der Waals surface area contributed by atoms with Crippen LogP contribution in [0.5, 0.6) is 5.75 Å². The minimum Gasteiger partial charge on any atom is -0.491 e. The monoisotopic (exact) mass is 250 g/mol. The third-order valence-corrected chi connectivity index (χ3v) is 2.65. The zero-order chi connectivity index (χ0) is 13.4. The van der Waals surface area contributed by atoms with Gasteiger partial charge in [-0.05, 0) is 31.5 Å². The lowest BCUT2D eigenvalue weighted by molar-refractivity contribution is -0.119. The van der Waals surface area contributed by atoms with Gasteiger partial charge in [0.15, 0.2) is 0 Å². The smallest absolute Gasteiger partial charge is 0.227 e. The fourth-order valence-electron chi connectivity index (χ4n) is 1.54. The molecule has 0 aromatic heterocycles. The van der Waals surface area contributed by atoms with Gasteiger partial charge in [-0.2, -0.15) is 0 Å². The van der Waals surface area contributed by atoms with Gasteiger partial charge in [-0.3, -0.25) is 4.79 Å². The van der Waals surface area contributed by atoms with Crippen molar-refractivity contribution in [3.05, 3.63) is 24.3 Å². The number of amides is 1. The summed E-state index contributed by atoms with van der Waals surface area (Å²) in [5.74, 6) is 0.606. The summed E-state index contributed by atoms with van der Waals surface area (Å²) < 4.78 is 5.59. The number of carbonyl (C=O) groups is 1. The summed E-state index contributed by atoms with van der Waals surface area (Å²) in [4.78, 5) is 11.9. The van der Waals surface area contributed by atoms with Gasteiger partial charge >= 0.3 is 0 Å². The van der Waals surface area contributed by atoms with Crippen molar-refractivity contribution in [3.8, 4) is 5.75 Å². The highest BCUT2D eigenvalue weighted by molar-refractivity contribution is 5.93. The molecule has 0 bridgehead atoms. The Morgan fingerprint density at radius 3 is 2.83 bits per heavy atom. The molecule has 0 aliphatic heterocycles. The summed E-state index contributed by atoms with van der Waals surface area (Å²) in [7, 11) is 0. The number of benzene rings is 1. The van der Waals surface area contributed by atoms with Crippen LogP contribution in [0.15, 0.2) is 24.3 Å². The Morgan fingerprint density at radius 2 is 2.17 bits per heavy atom. The molecule has 0 radical (unpaired) electrons. The molecule has 18 heavy (non-hydrogen) atoms. The number of rotatable bonds is 7. The molecule has 0 aliphatic rings. The SMILES string of the molecule is CCCOc1ccccc1NC(=O)C(C)CCN. The van der Waals surface area contributed by atoms with E-state index in [9.17, 15) is 4.79 Å². The third kappa shape index (κ3) is 4.37. The molecule has 1 unspecified atom stereocenters. The highest BCUT2D eigenvalue weighted by atomic mass is 16.5. The highest BCUT2D eigenvalue weighted by Gasteiger charge is 2.13. The number of hydrogen-bond acceptors (Lipinski definition) is 3. The van der Waals surface area contributed by atoms with E-state index in [-0.39, 0.29) is 11.8 Å². The maximum Gasteiger partial charge on any atom is 0.227 e. The second-order valence-corrected chi connectivity index (χ2v) is 4.31. The summed E-state index contributed by atoms with van der Waals surface area (Å²) in [6.45, 7) is 5.08. The van der Waals surface area contributed by atoms with Gasteiger partial charge < -0.3 is 15.8 Å². The molecule has 4 nitrogen and oxygen atoms in total. The minimum absolute atomic E-state index is 0.0204. The van der Waals surface area contributed by atoms with Gasteiger partial charge in [0.25, 0.3) is 0 Å². The second-order valence-electron chi connectivity index (χ2n) is 4.31. The lowest BCUT2D eigenvalue weighted by Crippen LogP contribution is -2.23. The molecule has 0 fully saturated rings. The first-order valence-corrected chi connectivity index (χ1v) is 6.41. The fraction of sp³-hybridized carbons (Fsp3) is 0.500. The fourth-order valence-corrected chi connectivity index (χ4v) is 1.54. The Morgan fingerprint density at radius 1 is 1.44 bits per heavy atom. The third-order valence-electron chi connectivity index (χ3n) is 2.65. The predicted molar refractivity (Wildman–Crippen MR) is 73.7 cm³/mol. The van der Waals surface area contributed by atoms with E-state index in [0.717, 1.165) is 12.1 Å². The summed E-state index contributed by atoms with van der Waals surface area (Å²) in [6.07, 6.45) is 1.62. The first-order chi connectivity index (χ1) is 8.69. The molecular formula is C14H22N2O2. The number of carbonyl (C=O) groups excluding carboxylic acids is 1. The normalized spacial score (nSPS) is 11.9. The molecule has 1 amide bonds. The number of ether oxygens (including phenoxy) is 1.